The van der Waals surface area contributed by atoms with Crippen LogP contribution in [0.15, 0.2) is 40.6 Å². The number of nitrogens with one attached hydrogen (secondary N) is 1. The van der Waals surface area contributed by atoms with Crippen LogP contribution in [0, 0.1) is 12.8 Å². The van der Waals surface area contributed by atoms with Gasteiger partial charge in [-0.05, 0) is 59.3 Å². The third kappa shape index (κ3) is 5.65. The molecule has 0 aliphatic carbocycles. The van der Waals surface area contributed by atoms with E-state index >= 15 is 0 Å². The first kappa shape index (κ1) is 26.1. The van der Waals surface area contributed by atoms with Gasteiger partial charge in [0.15, 0.2) is 10.8 Å². The number of carbonyl (C=O) groups excluding carboxylic acids is 3. The van der Waals surface area contributed by atoms with Gasteiger partial charge in [-0.2, -0.15) is 5.10 Å². The number of likely N-dealkylation sites (tertiary alicyclic amines) is 1. The molecule has 5 rings (SSSR count). The maximum Gasteiger partial charge on any atom is 0.280 e. The first-order chi connectivity index (χ1) is 18.3. The number of fused-ring (bicyclic) bond motifs is 1. The fourth-order valence-corrected chi connectivity index (χ4v) is 5.76. The zero-order valence-corrected chi connectivity index (χ0v) is 23.4. The summed E-state index contributed by atoms with van der Waals surface area (Å²) in [7, 11) is 0. The van der Waals surface area contributed by atoms with E-state index in [9.17, 15) is 14.4 Å². The highest BCUT2D eigenvalue weighted by Gasteiger charge is 2.26. The molecular formula is C26H26BrN7O3S. The standard InChI is InChI=1S/C26H26BrN7O3S/c1-15(35)24-20-8-18(19-10-28-16(2)29-11-19)5-6-21(20)34(32-24)14-23(36)33-7-3-4-17(13-33)9-30-25(37)26-31-12-22(27)38-26/h5-6,8,10-12,17H,3-4,7,9,13-14H2,1-2H3,(H,30,37). The molecule has 1 aromatic carbocycles. The number of hydrogen-bond acceptors (Lipinski definition) is 8. The van der Waals surface area contributed by atoms with Gasteiger partial charge in [0.1, 0.15) is 18.1 Å². The topological polar surface area (TPSA) is 123 Å². The molecule has 1 fully saturated rings. The first-order valence-corrected chi connectivity index (χ1v) is 13.9. The van der Waals surface area contributed by atoms with Gasteiger partial charge in [0.25, 0.3) is 5.91 Å². The molecule has 1 aliphatic rings. The predicted octanol–water partition coefficient (Wildman–Crippen LogP) is 3.89. The number of thiazole rings is 1. The molecule has 38 heavy (non-hydrogen) atoms. The number of benzene rings is 1. The highest BCUT2D eigenvalue weighted by molar-refractivity contribution is 9.11. The minimum absolute atomic E-state index is 0.0307. The monoisotopic (exact) mass is 595 g/mol. The van der Waals surface area contributed by atoms with Crippen molar-refractivity contribution in [3.63, 3.8) is 0 Å². The van der Waals surface area contributed by atoms with Gasteiger partial charge in [-0.15, -0.1) is 11.3 Å². The molecule has 0 radical (unpaired) electrons. The number of Topliss-reactive ketones (excluding diaryl/α,β-unsaturated/α-hetero) is 1. The second-order valence-electron chi connectivity index (χ2n) is 9.34. The summed E-state index contributed by atoms with van der Waals surface area (Å²) in [6.45, 7) is 5.01. The zero-order chi connectivity index (χ0) is 26.8. The summed E-state index contributed by atoms with van der Waals surface area (Å²) in [6, 6.07) is 5.70. The largest absolute Gasteiger partial charge is 0.350 e. The smallest absolute Gasteiger partial charge is 0.280 e. The molecule has 0 saturated carbocycles. The maximum atomic E-state index is 13.3. The van der Waals surface area contributed by atoms with Gasteiger partial charge in [0, 0.05) is 49.9 Å². The lowest BCUT2D eigenvalue weighted by molar-refractivity contribution is -0.133. The Bertz CT molecular complexity index is 1520. The lowest BCUT2D eigenvalue weighted by Crippen LogP contribution is -2.44. The van der Waals surface area contributed by atoms with E-state index in [0.717, 1.165) is 33.3 Å². The number of aromatic nitrogens is 5. The zero-order valence-electron chi connectivity index (χ0n) is 21.0. The van der Waals surface area contributed by atoms with E-state index in [4.69, 9.17) is 0 Å². The molecule has 10 nitrogen and oxygen atoms in total. The van der Waals surface area contributed by atoms with E-state index in [1.165, 1.54) is 18.3 Å². The molecule has 1 saturated heterocycles. The van der Waals surface area contributed by atoms with Crippen molar-refractivity contribution < 1.29 is 14.4 Å². The third-order valence-corrected chi connectivity index (χ3v) is 8.05. The quantitative estimate of drug-likeness (QED) is 0.321. The van der Waals surface area contributed by atoms with Crippen LogP contribution in [0.2, 0.25) is 0 Å². The van der Waals surface area contributed by atoms with Gasteiger partial charge >= 0.3 is 0 Å². The Balaban J connectivity index is 1.29. The van der Waals surface area contributed by atoms with Crippen molar-refractivity contribution in [2.75, 3.05) is 19.6 Å². The summed E-state index contributed by atoms with van der Waals surface area (Å²) in [6.07, 6.45) is 6.88. The minimum Gasteiger partial charge on any atom is -0.350 e. The molecule has 196 valence electrons. The van der Waals surface area contributed by atoms with Gasteiger partial charge in [0.05, 0.1) is 15.5 Å². The summed E-state index contributed by atoms with van der Waals surface area (Å²) in [4.78, 5) is 52.5. The van der Waals surface area contributed by atoms with E-state index < -0.39 is 0 Å². The Morgan fingerprint density at radius 1 is 1.13 bits per heavy atom. The summed E-state index contributed by atoms with van der Waals surface area (Å²) in [5, 5.41) is 8.55. The van der Waals surface area contributed by atoms with Gasteiger partial charge < -0.3 is 10.2 Å². The van der Waals surface area contributed by atoms with Crippen molar-refractivity contribution in [3.8, 4) is 11.1 Å². The van der Waals surface area contributed by atoms with Gasteiger partial charge in [-0.3, -0.25) is 19.1 Å². The van der Waals surface area contributed by atoms with Crippen molar-refractivity contribution in [1.29, 1.82) is 0 Å². The van der Waals surface area contributed by atoms with Gasteiger partial charge in [-0.25, -0.2) is 15.0 Å². The Morgan fingerprint density at radius 3 is 2.63 bits per heavy atom. The lowest BCUT2D eigenvalue weighted by Gasteiger charge is -2.33. The number of hydrogen-bond donors (Lipinski definition) is 1. The third-order valence-electron chi connectivity index (χ3n) is 6.58. The second kappa shape index (κ2) is 11.1. The molecule has 1 unspecified atom stereocenters. The van der Waals surface area contributed by atoms with Crippen LogP contribution in [0.1, 0.15) is 45.9 Å². The van der Waals surface area contributed by atoms with Gasteiger partial charge in [0.2, 0.25) is 5.91 Å². The fraction of sp³-hybridized carbons (Fsp3) is 0.346. The van der Waals surface area contributed by atoms with E-state index in [0.29, 0.717) is 41.5 Å². The Hall–Kier alpha value is -3.51. The van der Waals surface area contributed by atoms with Crippen LogP contribution < -0.4 is 5.32 Å². The molecule has 4 heterocycles. The molecule has 2 amide bonds. The number of nitrogens with zero attached hydrogens (tertiary/aromatic N) is 6. The number of carbonyl (C=O) groups is 3. The average molecular weight is 597 g/mol. The Morgan fingerprint density at radius 2 is 1.92 bits per heavy atom. The molecule has 1 aliphatic heterocycles. The van der Waals surface area contributed by atoms with Crippen molar-refractivity contribution in [2.24, 2.45) is 5.92 Å². The summed E-state index contributed by atoms with van der Waals surface area (Å²) < 4.78 is 2.41. The second-order valence-corrected chi connectivity index (χ2v) is 11.8. The van der Waals surface area contributed by atoms with Crippen LogP contribution in [-0.2, 0) is 11.3 Å². The molecule has 4 aromatic rings. The van der Waals surface area contributed by atoms with Crippen LogP contribution in [0.4, 0.5) is 0 Å². The predicted molar refractivity (Wildman–Crippen MR) is 147 cm³/mol. The number of piperidine rings is 1. The number of aryl methyl sites for hydroxylation is 1. The Kier molecular flexibility index (Phi) is 7.61. The minimum atomic E-state index is -0.208. The molecule has 0 bridgehead atoms. The SMILES string of the molecule is CC(=O)c1nn(CC(=O)N2CCCC(CNC(=O)c3ncc(Br)s3)C2)c2ccc(-c3cnc(C)nc3)cc12. The molecule has 12 heteroatoms. The number of rotatable bonds is 7. The molecule has 1 atom stereocenters. The van der Waals surface area contributed by atoms with Crippen molar-refractivity contribution >= 4 is 55.8 Å². The van der Waals surface area contributed by atoms with Crippen molar-refractivity contribution in [3.05, 3.63) is 57.1 Å². The highest BCUT2D eigenvalue weighted by Crippen LogP contribution is 2.27. The van der Waals surface area contributed by atoms with Crippen molar-refractivity contribution in [1.82, 2.24) is 34.9 Å². The van der Waals surface area contributed by atoms with E-state index in [1.54, 1.807) is 23.3 Å². The van der Waals surface area contributed by atoms with Crippen LogP contribution in [0.25, 0.3) is 22.0 Å². The van der Waals surface area contributed by atoms with Crippen LogP contribution >= 0.6 is 27.3 Å². The van der Waals surface area contributed by atoms with Crippen LogP contribution in [-0.4, -0.2) is 66.9 Å². The van der Waals surface area contributed by atoms with E-state index in [2.05, 4.69) is 41.3 Å². The Labute approximate surface area is 231 Å². The van der Waals surface area contributed by atoms with Crippen LogP contribution in [0.5, 0.6) is 0 Å². The first-order valence-electron chi connectivity index (χ1n) is 12.3. The summed E-state index contributed by atoms with van der Waals surface area (Å²) >= 11 is 4.60. The maximum absolute atomic E-state index is 13.3. The van der Waals surface area contributed by atoms with E-state index in [1.807, 2.05) is 30.0 Å². The van der Waals surface area contributed by atoms with Gasteiger partial charge in [-0.1, -0.05) is 6.07 Å². The summed E-state index contributed by atoms with van der Waals surface area (Å²) in [5.74, 6) is 0.391. The highest BCUT2D eigenvalue weighted by atomic mass is 79.9. The lowest BCUT2D eigenvalue weighted by atomic mass is 9.98. The number of ketones is 1. The molecule has 1 N–H and O–H groups in total. The molecular weight excluding hydrogens is 570 g/mol. The van der Waals surface area contributed by atoms with Crippen molar-refractivity contribution in [2.45, 2.75) is 33.2 Å². The normalized spacial score (nSPS) is 15.6. The summed E-state index contributed by atoms with van der Waals surface area (Å²) in [5.41, 5.74) is 2.76. The average Bonchev–Trinajstić information content (AvgIpc) is 3.51. The number of halogens is 1. The van der Waals surface area contributed by atoms with Crippen LogP contribution in [0.3, 0.4) is 0 Å². The van der Waals surface area contributed by atoms with E-state index in [-0.39, 0.29) is 30.1 Å². The molecule has 3 aromatic heterocycles. The molecule has 0 spiro atoms. The fourth-order valence-electron chi connectivity index (χ4n) is 4.64. The number of amides is 2.